The minimum atomic E-state index is -0.190. The Morgan fingerprint density at radius 1 is 1.32 bits per heavy atom. The predicted molar refractivity (Wildman–Crippen MR) is 130 cm³/mol. The number of amides is 1. The molecule has 2 aliphatic rings. The zero-order valence-corrected chi connectivity index (χ0v) is 20.1. The molecule has 1 spiro atoms. The first-order chi connectivity index (χ1) is 16.4. The van der Waals surface area contributed by atoms with E-state index in [4.69, 9.17) is 9.72 Å². The van der Waals surface area contributed by atoms with Crippen LogP contribution >= 0.6 is 11.5 Å². The first kappa shape index (κ1) is 22.5. The lowest BCUT2D eigenvalue weighted by molar-refractivity contribution is -0.128. The van der Waals surface area contributed by atoms with Crippen molar-refractivity contribution in [1.29, 1.82) is 5.26 Å². The number of ether oxygens (including phenoxy) is 1. The Balaban J connectivity index is 1.46. The minimum Gasteiger partial charge on any atom is -0.490 e. The van der Waals surface area contributed by atoms with Gasteiger partial charge < -0.3 is 14.7 Å². The lowest BCUT2D eigenvalue weighted by atomic mass is 9.80. The maximum absolute atomic E-state index is 12.5. The van der Waals surface area contributed by atoms with Gasteiger partial charge in [0.05, 0.1) is 18.3 Å². The molecule has 0 radical (unpaired) electrons. The van der Waals surface area contributed by atoms with Gasteiger partial charge in [-0.05, 0) is 67.5 Å². The number of nitriles is 1. The van der Waals surface area contributed by atoms with Crippen LogP contribution < -0.4 is 4.74 Å². The highest BCUT2D eigenvalue weighted by Gasteiger charge is 2.48. The fourth-order valence-corrected chi connectivity index (χ4v) is 5.87. The van der Waals surface area contributed by atoms with E-state index in [0.717, 1.165) is 29.0 Å². The predicted octanol–water partition coefficient (Wildman–Crippen LogP) is 3.94. The number of hydrogen-bond donors (Lipinski definition) is 1. The van der Waals surface area contributed by atoms with Crippen molar-refractivity contribution in [3.05, 3.63) is 53.1 Å². The van der Waals surface area contributed by atoms with E-state index in [1.54, 1.807) is 11.0 Å². The molecule has 1 aliphatic heterocycles. The maximum atomic E-state index is 12.5. The molecular weight excluding hydrogens is 448 g/mol. The molecule has 2 heterocycles. The van der Waals surface area contributed by atoms with Crippen LogP contribution in [0.25, 0.3) is 22.0 Å². The van der Waals surface area contributed by atoms with E-state index in [9.17, 15) is 15.2 Å². The van der Waals surface area contributed by atoms with Gasteiger partial charge in [-0.3, -0.25) is 4.79 Å². The third-order valence-corrected chi connectivity index (χ3v) is 7.45. The Morgan fingerprint density at radius 2 is 2.18 bits per heavy atom. The molecule has 7 nitrogen and oxygen atoms in total. The summed E-state index contributed by atoms with van der Waals surface area (Å²) in [6.07, 6.45) is 2.26. The van der Waals surface area contributed by atoms with Crippen molar-refractivity contribution >= 4 is 17.4 Å². The summed E-state index contributed by atoms with van der Waals surface area (Å²) >= 11 is 1.31. The van der Waals surface area contributed by atoms with E-state index in [1.165, 1.54) is 22.7 Å². The number of carbonyl (C=O) groups is 1. The van der Waals surface area contributed by atoms with E-state index in [2.05, 4.69) is 16.5 Å². The van der Waals surface area contributed by atoms with Gasteiger partial charge in [-0.25, -0.2) is 4.98 Å². The Kier molecular flexibility index (Phi) is 5.84. The molecular formula is C26H26N4O3S. The van der Waals surface area contributed by atoms with Crippen LogP contribution in [-0.2, 0) is 16.6 Å². The van der Waals surface area contributed by atoms with Gasteiger partial charge in [0, 0.05) is 36.1 Å². The second-order valence-electron chi connectivity index (χ2n) is 9.24. The van der Waals surface area contributed by atoms with Crippen LogP contribution in [0.1, 0.15) is 43.4 Å². The Bertz CT molecular complexity index is 1300. The topological polar surface area (TPSA) is 99.3 Å². The Morgan fingerprint density at radius 3 is 2.94 bits per heavy atom. The highest BCUT2D eigenvalue weighted by Crippen LogP contribution is 2.48. The number of hydrogen-bond acceptors (Lipinski definition) is 7. The Hall–Kier alpha value is -3.28. The molecule has 1 aromatic heterocycles. The molecule has 1 N–H and O–H groups in total. The monoisotopic (exact) mass is 474 g/mol. The molecule has 0 bridgehead atoms. The van der Waals surface area contributed by atoms with Gasteiger partial charge in [0.1, 0.15) is 16.8 Å². The van der Waals surface area contributed by atoms with Crippen LogP contribution in [0.5, 0.6) is 5.75 Å². The number of aliphatic hydroxyl groups excluding tert-OH is 1. The first-order valence-electron chi connectivity index (χ1n) is 11.5. The lowest BCUT2D eigenvalue weighted by Gasteiger charge is -2.24. The van der Waals surface area contributed by atoms with E-state index in [-0.39, 0.29) is 24.0 Å². The second-order valence-corrected chi connectivity index (χ2v) is 9.99. The summed E-state index contributed by atoms with van der Waals surface area (Å²) in [4.78, 5) is 19.1. The summed E-state index contributed by atoms with van der Waals surface area (Å²) in [6, 6.07) is 13.9. The highest BCUT2D eigenvalue weighted by molar-refractivity contribution is 7.09. The van der Waals surface area contributed by atoms with Gasteiger partial charge in [-0.2, -0.15) is 9.64 Å². The van der Waals surface area contributed by atoms with E-state index in [1.807, 2.05) is 38.1 Å². The van der Waals surface area contributed by atoms with Gasteiger partial charge >= 0.3 is 0 Å². The summed E-state index contributed by atoms with van der Waals surface area (Å²) in [5.74, 6) is 1.35. The molecule has 0 saturated carbocycles. The van der Waals surface area contributed by atoms with Crippen molar-refractivity contribution in [2.45, 2.75) is 44.6 Å². The van der Waals surface area contributed by atoms with Crippen molar-refractivity contribution in [2.75, 3.05) is 19.7 Å². The first-order valence-corrected chi connectivity index (χ1v) is 12.3. The normalized spacial score (nSPS) is 19.1. The number of aromatic nitrogens is 2. The molecule has 1 amide bonds. The second kappa shape index (κ2) is 8.82. The van der Waals surface area contributed by atoms with E-state index in [0.29, 0.717) is 36.6 Å². The van der Waals surface area contributed by atoms with Gasteiger partial charge in [-0.1, -0.05) is 18.2 Å². The van der Waals surface area contributed by atoms with Crippen LogP contribution in [0.4, 0.5) is 0 Å². The average Bonchev–Trinajstić information content (AvgIpc) is 3.52. The average molecular weight is 475 g/mol. The summed E-state index contributed by atoms with van der Waals surface area (Å²) in [5.41, 5.74) is 4.54. The van der Waals surface area contributed by atoms with Crippen molar-refractivity contribution < 1.29 is 14.6 Å². The molecule has 8 heteroatoms. The molecule has 174 valence electrons. The van der Waals surface area contributed by atoms with Crippen LogP contribution in [0.3, 0.4) is 0 Å². The van der Waals surface area contributed by atoms with Crippen molar-refractivity contribution in [1.82, 2.24) is 14.3 Å². The van der Waals surface area contributed by atoms with Crippen molar-refractivity contribution in [2.24, 2.45) is 0 Å². The number of β-amino-alcohol motifs (C(OH)–C–C–N with tert-alkyl or cyclic N) is 1. The van der Waals surface area contributed by atoms with Crippen LogP contribution in [-0.4, -0.2) is 51.1 Å². The molecule has 5 rings (SSSR count). The fourth-order valence-electron chi connectivity index (χ4n) is 5.20. The zero-order chi connectivity index (χ0) is 23.9. The van der Waals surface area contributed by atoms with Crippen LogP contribution in [0, 0.1) is 11.3 Å². The quantitative estimate of drug-likeness (QED) is 0.581. The minimum absolute atomic E-state index is 0.0135. The smallest absolute Gasteiger partial charge is 0.223 e. The molecule has 1 atom stereocenters. The molecule has 1 unspecified atom stereocenters. The van der Waals surface area contributed by atoms with Gasteiger partial charge in [0.15, 0.2) is 5.82 Å². The van der Waals surface area contributed by atoms with Crippen LogP contribution in [0.2, 0.25) is 0 Å². The SMILES string of the molecule is CC(C)Oc1ccc(-c2nc(-c3cccc4c3CCC43CC(=O)N(CCO)C3)ns2)cc1C#N. The largest absolute Gasteiger partial charge is 0.490 e. The van der Waals surface area contributed by atoms with E-state index >= 15 is 0 Å². The lowest BCUT2D eigenvalue weighted by Crippen LogP contribution is -2.32. The molecule has 1 aliphatic carbocycles. The van der Waals surface area contributed by atoms with Crippen molar-refractivity contribution in [3.8, 4) is 33.8 Å². The number of aliphatic hydroxyl groups is 1. The molecule has 3 aromatic rings. The highest BCUT2D eigenvalue weighted by atomic mass is 32.1. The van der Waals surface area contributed by atoms with Crippen LogP contribution in [0.15, 0.2) is 36.4 Å². The third kappa shape index (κ3) is 3.85. The number of likely N-dealkylation sites (tertiary alicyclic amines) is 1. The number of benzene rings is 2. The van der Waals surface area contributed by atoms with Gasteiger partial charge in [0.2, 0.25) is 5.91 Å². The summed E-state index contributed by atoms with van der Waals surface area (Å²) in [5, 5.41) is 19.6. The number of rotatable bonds is 6. The summed E-state index contributed by atoms with van der Waals surface area (Å²) in [7, 11) is 0. The van der Waals surface area contributed by atoms with E-state index < -0.39 is 0 Å². The zero-order valence-electron chi connectivity index (χ0n) is 19.2. The Labute approximate surface area is 202 Å². The van der Waals surface area contributed by atoms with Gasteiger partial charge in [0.25, 0.3) is 0 Å². The molecule has 2 aromatic carbocycles. The molecule has 1 saturated heterocycles. The molecule has 34 heavy (non-hydrogen) atoms. The van der Waals surface area contributed by atoms with Gasteiger partial charge in [-0.15, -0.1) is 0 Å². The number of fused-ring (bicyclic) bond motifs is 2. The third-order valence-electron chi connectivity index (χ3n) is 6.68. The molecule has 1 fully saturated rings. The fraction of sp³-hybridized carbons (Fsp3) is 0.385. The maximum Gasteiger partial charge on any atom is 0.223 e. The number of carbonyl (C=O) groups excluding carboxylic acids is 1. The summed E-state index contributed by atoms with van der Waals surface area (Å²) in [6.45, 7) is 4.89. The van der Waals surface area contributed by atoms with Crippen molar-refractivity contribution in [3.63, 3.8) is 0 Å². The number of nitrogens with zero attached hydrogens (tertiary/aromatic N) is 4. The standard InChI is InChI=1S/C26H26N4O3S/c1-16(2)33-22-7-6-17(12-18(22)14-27)25-28-24(29-34-25)20-4-3-5-21-19(20)8-9-26(21)13-23(32)30(15-26)10-11-31/h3-7,12,16,31H,8-11,13,15H2,1-2H3. The summed E-state index contributed by atoms with van der Waals surface area (Å²) < 4.78 is 10.4.